The van der Waals surface area contributed by atoms with Gasteiger partial charge in [-0.15, -0.1) is 0 Å². The Balaban J connectivity index is 1.74. The smallest absolute Gasteiger partial charge is 0.249 e. The van der Waals surface area contributed by atoms with Crippen LogP contribution in [0.4, 0.5) is 0 Å². The van der Waals surface area contributed by atoms with E-state index in [4.69, 9.17) is 0 Å². The second kappa shape index (κ2) is 3.55. The van der Waals surface area contributed by atoms with Crippen molar-refractivity contribution >= 4 is 11.7 Å². The summed E-state index contributed by atoms with van der Waals surface area (Å²) >= 11 is 0. The molecular weight excluding hydrogens is 202 g/mol. The number of piperidine rings is 1. The van der Waals surface area contributed by atoms with Crippen LogP contribution in [0.5, 0.6) is 0 Å². The molecule has 4 nitrogen and oxygen atoms in total. The van der Waals surface area contributed by atoms with Gasteiger partial charge >= 0.3 is 0 Å². The summed E-state index contributed by atoms with van der Waals surface area (Å²) in [4.78, 5) is 18.4. The summed E-state index contributed by atoms with van der Waals surface area (Å²) in [5.41, 5.74) is 0. The summed E-state index contributed by atoms with van der Waals surface area (Å²) in [6.45, 7) is 1.87. The Morgan fingerprint density at radius 3 is 2.44 bits per heavy atom. The lowest BCUT2D eigenvalue weighted by atomic mass is 9.90. The molecule has 0 aliphatic carbocycles. The number of rotatable bonds is 1. The number of carbonyl (C=O) groups excluding carboxylic acids is 1. The zero-order valence-electron chi connectivity index (χ0n) is 9.94. The van der Waals surface area contributed by atoms with E-state index >= 15 is 0 Å². The largest absolute Gasteiger partial charge is 0.312 e. The third-order valence-corrected chi connectivity index (χ3v) is 4.45. The normalized spacial score (nSPS) is 43.4. The summed E-state index contributed by atoms with van der Waals surface area (Å²) in [6.07, 6.45) is 4.96. The van der Waals surface area contributed by atoms with Crippen LogP contribution >= 0.6 is 0 Å². The van der Waals surface area contributed by atoms with Gasteiger partial charge in [0.15, 0.2) is 0 Å². The predicted octanol–water partition coefficient (Wildman–Crippen LogP) is 0.776. The van der Waals surface area contributed by atoms with Gasteiger partial charge in [0.25, 0.3) is 0 Å². The molecule has 0 aromatic carbocycles. The van der Waals surface area contributed by atoms with Gasteiger partial charge in [0, 0.05) is 18.0 Å². The Labute approximate surface area is 96.1 Å². The molecule has 1 N–H and O–H groups in total. The third kappa shape index (κ3) is 1.47. The van der Waals surface area contributed by atoms with Crippen molar-refractivity contribution in [1.29, 1.82) is 0 Å². The fourth-order valence-electron chi connectivity index (χ4n) is 3.37. The quantitative estimate of drug-likeness (QED) is 0.711. The lowest BCUT2D eigenvalue weighted by Gasteiger charge is -2.36. The van der Waals surface area contributed by atoms with Crippen molar-refractivity contribution in [2.24, 2.45) is 10.9 Å². The monoisotopic (exact) mass is 221 g/mol. The number of amides is 1. The lowest BCUT2D eigenvalue weighted by molar-refractivity contribution is -0.119. The van der Waals surface area contributed by atoms with Crippen LogP contribution in [0.25, 0.3) is 0 Å². The average molecular weight is 221 g/mol. The maximum absolute atomic E-state index is 11.4. The molecule has 0 aromatic rings. The second-order valence-electron chi connectivity index (χ2n) is 5.40. The Morgan fingerprint density at radius 1 is 1.31 bits per heavy atom. The van der Waals surface area contributed by atoms with Gasteiger partial charge in [0.05, 0.1) is 0 Å². The number of aliphatic imine (C=N–C) groups is 1. The minimum atomic E-state index is -0.174. The van der Waals surface area contributed by atoms with Crippen molar-refractivity contribution in [2.45, 2.75) is 50.7 Å². The molecule has 3 aliphatic heterocycles. The molecule has 88 valence electrons. The minimum Gasteiger partial charge on any atom is -0.312 e. The predicted molar refractivity (Wildman–Crippen MR) is 62.3 cm³/mol. The topological polar surface area (TPSA) is 44.7 Å². The van der Waals surface area contributed by atoms with E-state index in [0.717, 1.165) is 5.84 Å². The second-order valence-corrected chi connectivity index (χ2v) is 5.40. The zero-order valence-corrected chi connectivity index (χ0v) is 9.94. The van der Waals surface area contributed by atoms with E-state index in [2.05, 4.69) is 22.3 Å². The van der Waals surface area contributed by atoms with E-state index in [0.29, 0.717) is 18.0 Å². The van der Waals surface area contributed by atoms with Gasteiger partial charge in [-0.05, 0) is 39.7 Å². The first-order valence-corrected chi connectivity index (χ1v) is 6.25. The SMILES string of the molecule is CC1N=C(C2CC3CCC(C2)N3C)NC1=O. The van der Waals surface area contributed by atoms with Crippen LogP contribution in [0.2, 0.25) is 0 Å². The molecule has 2 saturated heterocycles. The van der Waals surface area contributed by atoms with E-state index in [1.54, 1.807) is 0 Å². The van der Waals surface area contributed by atoms with Crippen LogP contribution in [0.1, 0.15) is 32.6 Å². The summed E-state index contributed by atoms with van der Waals surface area (Å²) < 4.78 is 0. The molecule has 2 fully saturated rings. The van der Waals surface area contributed by atoms with E-state index in [-0.39, 0.29) is 11.9 Å². The van der Waals surface area contributed by atoms with Gasteiger partial charge in [-0.25, -0.2) is 0 Å². The number of fused-ring (bicyclic) bond motifs is 2. The highest BCUT2D eigenvalue weighted by atomic mass is 16.2. The van der Waals surface area contributed by atoms with Crippen molar-refractivity contribution in [3.8, 4) is 0 Å². The number of nitrogens with one attached hydrogen (secondary N) is 1. The highest BCUT2D eigenvalue weighted by Gasteiger charge is 2.41. The molecule has 1 amide bonds. The molecule has 4 heteroatoms. The first-order chi connectivity index (χ1) is 7.65. The summed E-state index contributed by atoms with van der Waals surface area (Å²) in [7, 11) is 2.23. The Kier molecular flexibility index (Phi) is 2.28. The first kappa shape index (κ1) is 10.3. The summed E-state index contributed by atoms with van der Waals surface area (Å²) in [5, 5.41) is 2.95. The van der Waals surface area contributed by atoms with Gasteiger partial charge in [-0.2, -0.15) is 0 Å². The Hall–Kier alpha value is -0.900. The number of hydrogen-bond acceptors (Lipinski definition) is 3. The molecule has 3 aliphatic rings. The average Bonchev–Trinajstić information content (AvgIpc) is 2.67. The highest BCUT2D eigenvalue weighted by molar-refractivity contribution is 6.06. The number of hydrogen-bond donors (Lipinski definition) is 1. The van der Waals surface area contributed by atoms with Gasteiger partial charge < -0.3 is 10.2 Å². The van der Waals surface area contributed by atoms with Crippen LogP contribution in [0.3, 0.4) is 0 Å². The maximum atomic E-state index is 11.4. The molecule has 3 rings (SSSR count). The van der Waals surface area contributed by atoms with Crippen LogP contribution in [0, 0.1) is 5.92 Å². The zero-order chi connectivity index (χ0) is 11.3. The summed E-state index contributed by atoms with van der Waals surface area (Å²) in [5.74, 6) is 1.52. The molecule has 3 unspecified atom stereocenters. The molecule has 0 aromatic heterocycles. The fourth-order valence-corrected chi connectivity index (χ4v) is 3.37. The lowest BCUT2D eigenvalue weighted by Crippen LogP contribution is -2.44. The highest BCUT2D eigenvalue weighted by Crippen LogP contribution is 2.38. The molecule has 0 radical (unpaired) electrons. The Morgan fingerprint density at radius 2 is 1.94 bits per heavy atom. The minimum absolute atomic E-state index is 0.0706. The summed E-state index contributed by atoms with van der Waals surface area (Å²) in [6, 6.07) is 1.24. The molecule has 2 bridgehead atoms. The van der Waals surface area contributed by atoms with E-state index in [1.807, 2.05) is 6.92 Å². The van der Waals surface area contributed by atoms with Crippen molar-refractivity contribution in [2.75, 3.05) is 7.05 Å². The van der Waals surface area contributed by atoms with E-state index in [1.165, 1.54) is 25.7 Å². The van der Waals surface area contributed by atoms with Gasteiger partial charge in [-0.1, -0.05) is 0 Å². The standard InChI is InChI=1S/C12H19N3O/c1-7-12(16)14-11(13-7)8-5-9-3-4-10(6-8)15(9)2/h7-10H,3-6H2,1-2H3,(H,13,14,16). The number of amidine groups is 1. The first-order valence-electron chi connectivity index (χ1n) is 6.25. The molecule has 3 heterocycles. The van der Waals surface area contributed by atoms with Crippen LogP contribution < -0.4 is 5.32 Å². The Bertz CT molecular complexity index is 338. The van der Waals surface area contributed by atoms with Crippen LogP contribution in [-0.4, -0.2) is 41.8 Å². The van der Waals surface area contributed by atoms with Gasteiger partial charge in [-0.3, -0.25) is 9.79 Å². The van der Waals surface area contributed by atoms with Crippen molar-refractivity contribution in [1.82, 2.24) is 10.2 Å². The third-order valence-electron chi connectivity index (χ3n) is 4.45. The van der Waals surface area contributed by atoms with Gasteiger partial charge in [0.2, 0.25) is 5.91 Å². The van der Waals surface area contributed by atoms with Crippen molar-refractivity contribution in [3.05, 3.63) is 0 Å². The number of nitrogens with zero attached hydrogens (tertiary/aromatic N) is 2. The molecule has 0 spiro atoms. The van der Waals surface area contributed by atoms with E-state index < -0.39 is 0 Å². The van der Waals surface area contributed by atoms with Crippen molar-refractivity contribution in [3.63, 3.8) is 0 Å². The molecule has 16 heavy (non-hydrogen) atoms. The molecular formula is C12H19N3O. The van der Waals surface area contributed by atoms with Crippen molar-refractivity contribution < 1.29 is 4.79 Å². The molecule has 0 saturated carbocycles. The van der Waals surface area contributed by atoms with Crippen LogP contribution in [0.15, 0.2) is 4.99 Å². The van der Waals surface area contributed by atoms with Gasteiger partial charge in [0.1, 0.15) is 11.9 Å². The molecule has 3 atom stereocenters. The number of carbonyl (C=O) groups is 1. The van der Waals surface area contributed by atoms with Crippen LogP contribution in [-0.2, 0) is 4.79 Å². The fraction of sp³-hybridized carbons (Fsp3) is 0.833. The van der Waals surface area contributed by atoms with E-state index in [9.17, 15) is 4.79 Å². The maximum Gasteiger partial charge on any atom is 0.249 e.